The van der Waals surface area contributed by atoms with Gasteiger partial charge in [-0.1, -0.05) is 55.5 Å². The Hall–Kier alpha value is -3.60. The van der Waals surface area contributed by atoms with Crippen LogP contribution in [0.1, 0.15) is 35.6 Å². The minimum Gasteiger partial charge on any atom is -0.478 e. The van der Waals surface area contributed by atoms with Crippen LogP contribution in [0.15, 0.2) is 72.8 Å². The number of carbonyl (C=O) groups excluding carboxylic acids is 1. The van der Waals surface area contributed by atoms with Crippen molar-refractivity contribution in [1.29, 1.82) is 0 Å². The lowest BCUT2D eigenvalue weighted by molar-refractivity contribution is -0.156. The first-order valence-electron chi connectivity index (χ1n) is 10.3. The molecule has 1 atom stereocenters. The highest BCUT2D eigenvalue weighted by molar-refractivity contribution is 5.92. The van der Waals surface area contributed by atoms with E-state index in [1.807, 2.05) is 32.0 Å². The predicted octanol–water partition coefficient (Wildman–Crippen LogP) is 5.25. The molecule has 0 aromatic heterocycles. The number of nitrogens with one attached hydrogen (secondary N) is 1. The number of ether oxygens (including phenoxy) is 1. The molecule has 5 nitrogen and oxygen atoms in total. The maximum Gasteiger partial charge on any atom is 0.352 e. The highest BCUT2D eigenvalue weighted by Gasteiger charge is 2.41. The van der Waals surface area contributed by atoms with Gasteiger partial charge in [-0.25, -0.2) is 4.79 Å². The zero-order valence-corrected chi connectivity index (χ0v) is 18.0. The van der Waals surface area contributed by atoms with Crippen molar-refractivity contribution in [1.82, 2.24) is 0 Å². The third-order valence-electron chi connectivity index (χ3n) is 5.17. The lowest BCUT2D eigenvalue weighted by atomic mass is 9.91. The van der Waals surface area contributed by atoms with Gasteiger partial charge in [0.1, 0.15) is 5.75 Å². The van der Waals surface area contributed by atoms with Crippen molar-refractivity contribution in [2.24, 2.45) is 0 Å². The number of rotatable bonds is 8. The van der Waals surface area contributed by atoms with Gasteiger partial charge in [0.05, 0.1) is 6.42 Å². The fourth-order valence-corrected chi connectivity index (χ4v) is 3.67. The van der Waals surface area contributed by atoms with Crippen LogP contribution in [-0.2, 0) is 21.6 Å². The average molecular weight is 418 g/mol. The lowest BCUT2D eigenvalue weighted by Crippen LogP contribution is -2.41. The Bertz CT molecular complexity index is 1040. The minimum absolute atomic E-state index is 0.114. The molecule has 0 fully saturated rings. The van der Waals surface area contributed by atoms with Gasteiger partial charge in [-0.05, 0) is 61.2 Å². The van der Waals surface area contributed by atoms with Gasteiger partial charge in [0.25, 0.3) is 0 Å². The number of amides is 1. The average Bonchev–Trinajstić information content (AvgIpc) is 2.73. The van der Waals surface area contributed by atoms with Crippen molar-refractivity contribution in [3.05, 3.63) is 95.1 Å². The van der Waals surface area contributed by atoms with Crippen molar-refractivity contribution < 1.29 is 19.4 Å². The van der Waals surface area contributed by atoms with E-state index in [1.165, 1.54) is 0 Å². The first-order chi connectivity index (χ1) is 14.8. The number of carbonyl (C=O) groups is 2. The molecule has 5 heteroatoms. The van der Waals surface area contributed by atoms with Crippen molar-refractivity contribution in [2.75, 3.05) is 5.32 Å². The first-order valence-corrected chi connectivity index (χ1v) is 10.3. The maximum atomic E-state index is 12.4. The Labute approximate surface area is 182 Å². The van der Waals surface area contributed by atoms with E-state index in [4.69, 9.17) is 4.74 Å². The first kappa shape index (κ1) is 22.1. The second-order valence-corrected chi connectivity index (χ2v) is 7.70. The summed E-state index contributed by atoms with van der Waals surface area (Å²) in [5.74, 6) is -0.721. The Morgan fingerprint density at radius 1 is 0.935 bits per heavy atom. The Balaban J connectivity index is 1.71. The quantitative estimate of drug-likeness (QED) is 0.525. The van der Waals surface area contributed by atoms with Crippen LogP contribution in [0.5, 0.6) is 5.75 Å². The van der Waals surface area contributed by atoms with E-state index in [2.05, 4.69) is 11.4 Å². The van der Waals surface area contributed by atoms with E-state index in [0.29, 0.717) is 11.3 Å². The summed E-state index contributed by atoms with van der Waals surface area (Å²) in [6, 6.07) is 21.8. The zero-order valence-electron chi connectivity index (χ0n) is 18.0. The number of aliphatic carboxylic acids is 1. The monoisotopic (exact) mass is 417 g/mol. The molecule has 160 valence electrons. The molecule has 0 spiro atoms. The molecule has 0 aliphatic heterocycles. The van der Waals surface area contributed by atoms with Gasteiger partial charge in [0.2, 0.25) is 11.5 Å². The van der Waals surface area contributed by atoms with Crippen molar-refractivity contribution in [3.8, 4) is 5.75 Å². The molecule has 3 aromatic carbocycles. The van der Waals surface area contributed by atoms with Crippen molar-refractivity contribution in [3.63, 3.8) is 0 Å². The van der Waals surface area contributed by atoms with Gasteiger partial charge in [-0.2, -0.15) is 0 Å². The van der Waals surface area contributed by atoms with E-state index >= 15 is 0 Å². The van der Waals surface area contributed by atoms with Crippen LogP contribution >= 0.6 is 0 Å². The Morgan fingerprint density at radius 2 is 1.55 bits per heavy atom. The van der Waals surface area contributed by atoms with Gasteiger partial charge in [0, 0.05) is 11.3 Å². The summed E-state index contributed by atoms with van der Waals surface area (Å²) in [4.78, 5) is 24.5. The third kappa shape index (κ3) is 5.31. The molecule has 3 aromatic rings. The molecular weight excluding hydrogens is 390 g/mol. The number of aryl methyl sites for hydroxylation is 2. The fourth-order valence-electron chi connectivity index (χ4n) is 3.67. The van der Waals surface area contributed by atoms with Crippen LogP contribution in [0.3, 0.4) is 0 Å². The van der Waals surface area contributed by atoms with Gasteiger partial charge < -0.3 is 15.2 Å². The summed E-state index contributed by atoms with van der Waals surface area (Å²) < 4.78 is 5.98. The molecule has 1 unspecified atom stereocenters. The molecule has 0 saturated carbocycles. The number of carboxylic acid groups (broad SMARTS) is 1. The van der Waals surface area contributed by atoms with Gasteiger partial charge in [-0.3, -0.25) is 4.79 Å². The number of anilines is 1. The van der Waals surface area contributed by atoms with E-state index in [9.17, 15) is 14.7 Å². The highest BCUT2D eigenvalue weighted by Crippen LogP contribution is 2.32. The molecule has 0 saturated heterocycles. The smallest absolute Gasteiger partial charge is 0.352 e. The van der Waals surface area contributed by atoms with E-state index < -0.39 is 11.6 Å². The molecule has 0 radical (unpaired) electrons. The molecular formula is C26H27NO4. The molecule has 31 heavy (non-hydrogen) atoms. The fraction of sp³-hybridized carbons (Fsp3) is 0.231. The zero-order chi connectivity index (χ0) is 22.4. The number of benzene rings is 3. The van der Waals surface area contributed by atoms with Crippen molar-refractivity contribution in [2.45, 2.75) is 39.2 Å². The molecule has 0 aliphatic rings. The SMILES string of the molecule is CCC(Oc1ccc(CC(=O)Nc2cc(C)cc(C)c2)cc1)(C(=O)O)c1ccccc1. The summed E-state index contributed by atoms with van der Waals surface area (Å²) in [5, 5.41) is 12.8. The van der Waals surface area contributed by atoms with Crippen LogP contribution in [0.2, 0.25) is 0 Å². The van der Waals surface area contributed by atoms with Crippen LogP contribution in [0.4, 0.5) is 5.69 Å². The van der Waals surface area contributed by atoms with Gasteiger partial charge in [-0.15, -0.1) is 0 Å². The summed E-state index contributed by atoms with van der Waals surface area (Å²) >= 11 is 0. The number of hydrogen-bond acceptors (Lipinski definition) is 3. The molecule has 0 aliphatic carbocycles. The summed E-state index contributed by atoms with van der Waals surface area (Å²) in [5.41, 5.74) is 2.89. The molecule has 1 amide bonds. The van der Waals surface area contributed by atoms with E-state index in [1.54, 1.807) is 55.5 Å². The van der Waals surface area contributed by atoms with E-state index in [-0.39, 0.29) is 18.7 Å². The van der Waals surface area contributed by atoms with Crippen LogP contribution in [0.25, 0.3) is 0 Å². The topological polar surface area (TPSA) is 75.6 Å². The van der Waals surface area contributed by atoms with Gasteiger partial charge in [0.15, 0.2) is 0 Å². The standard InChI is InChI=1S/C26H27NO4/c1-4-26(25(29)30,21-8-6-5-7-9-21)31-23-12-10-20(11-13-23)17-24(28)27-22-15-18(2)14-19(3)16-22/h5-16H,4,17H2,1-3H3,(H,27,28)(H,29,30). The highest BCUT2D eigenvalue weighted by atomic mass is 16.5. The van der Waals surface area contributed by atoms with Gasteiger partial charge >= 0.3 is 5.97 Å². The summed E-state index contributed by atoms with van der Waals surface area (Å²) in [6.45, 7) is 5.77. The van der Waals surface area contributed by atoms with Crippen LogP contribution < -0.4 is 10.1 Å². The second-order valence-electron chi connectivity index (χ2n) is 7.70. The molecule has 2 N–H and O–H groups in total. The predicted molar refractivity (Wildman–Crippen MR) is 121 cm³/mol. The largest absolute Gasteiger partial charge is 0.478 e. The molecule has 0 bridgehead atoms. The van der Waals surface area contributed by atoms with Crippen molar-refractivity contribution >= 4 is 17.6 Å². The Morgan fingerprint density at radius 3 is 2.10 bits per heavy atom. The van der Waals surface area contributed by atoms with E-state index in [0.717, 1.165) is 22.4 Å². The minimum atomic E-state index is -1.47. The second kappa shape index (κ2) is 9.47. The number of carboxylic acids is 1. The Kier molecular flexibility index (Phi) is 6.75. The summed E-state index contributed by atoms with van der Waals surface area (Å²) in [6.07, 6.45) is 0.482. The van der Waals surface area contributed by atoms with Crippen LogP contribution in [-0.4, -0.2) is 17.0 Å². The summed E-state index contributed by atoms with van der Waals surface area (Å²) in [7, 11) is 0. The lowest BCUT2D eigenvalue weighted by Gasteiger charge is -2.30. The third-order valence-corrected chi connectivity index (χ3v) is 5.17. The normalized spacial score (nSPS) is 12.6. The van der Waals surface area contributed by atoms with Crippen LogP contribution in [0, 0.1) is 13.8 Å². The molecule has 0 heterocycles. The number of hydrogen-bond donors (Lipinski definition) is 2. The molecule has 3 rings (SSSR count). The maximum absolute atomic E-state index is 12.4.